The average Bonchev–Trinajstić information content (AvgIpc) is 1.42. The summed E-state index contributed by atoms with van der Waals surface area (Å²) in [5.74, 6) is -1.78. The predicted molar refractivity (Wildman–Crippen MR) is 379 cm³/mol. The summed E-state index contributed by atoms with van der Waals surface area (Å²) >= 11 is 0. The van der Waals surface area contributed by atoms with Gasteiger partial charge in [0, 0.05) is 131 Å². The summed E-state index contributed by atoms with van der Waals surface area (Å²) in [7, 11) is 1.54. The molecule has 7 N–H and O–H groups in total. The molecule has 5 heterocycles. The van der Waals surface area contributed by atoms with Crippen molar-refractivity contribution in [2.24, 2.45) is 0 Å². The standard InChI is InChI=1S/C72H93N15O14/c1-6-82(7-2)52-22-24-56-59(44-52)101-60-45-53(83(8-3)9-4)23-25-57(60)65(56)54-15-11-12-16-55(54)69(92)85-33-31-84(32-34-85)64(91)29-28-61(88)74-30-36-97-39-41-99-42-40-98-37-35-86-48-51(80-81-86)14-10-13-17-58(70(93)94)76-63(90)27-26-62(89)75-46-49-18-20-50(21-19-49)47-87-68-66(77-72(87)95)67(73)78-71(79-68)100-43-38-96-5/h11-12,15-16,18-25,44-45,48,58,73H,6-10,13-14,17,26-43,46-47H2,1-5H3,(H5,74,75,76,88,89,90,92,93,94)/p+1. The first kappa shape index (κ1) is 75.1. The van der Waals surface area contributed by atoms with Gasteiger partial charge in [-0.25, -0.2) is 18.8 Å². The molecular formula is C72H94N15O14+. The Morgan fingerprint density at radius 2 is 1.44 bits per heavy atom. The Morgan fingerprint density at radius 3 is 2.17 bits per heavy atom. The topological polar surface area (TPSA) is 351 Å². The molecular weight excluding hydrogens is 1300 g/mol. The van der Waals surface area contributed by atoms with Gasteiger partial charge in [0.2, 0.25) is 29.0 Å². The Kier molecular flexibility index (Phi) is 28.2. The van der Waals surface area contributed by atoms with Gasteiger partial charge in [-0.15, -0.1) is 5.10 Å². The Labute approximate surface area is 585 Å². The largest absolute Gasteiger partial charge is 0.480 e. The summed E-state index contributed by atoms with van der Waals surface area (Å²) in [6.45, 7) is 17.0. The van der Waals surface area contributed by atoms with Crippen molar-refractivity contribution in [3.05, 3.63) is 129 Å². The van der Waals surface area contributed by atoms with Gasteiger partial charge in [0.25, 0.3) is 5.91 Å². The van der Waals surface area contributed by atoms with E-state index in [0.717, 1.165) is 87.5 Å². The van der Waals surface area contributed by atoms with Gasteiger partial charge in [-0.2, -0.15) is 9.97 Å². The van der Waals surface area contributed by atoms with Gasteiger partial charge < -0.3 is 74.6 Å². The normalized spacial score (nSPS) is 12.6. The van der Waals surface area contributed by atoms with Crippen LogP contribution in [0.5, 0.6) is 6.01 Å². The first-order valence-electron chi connectivity index (χ1n) is 34.7. The van der Waals surface area contributed by atoms with E-state index < -0.39 is 23.6 Å². The van der Waals surface area contributed by atoms with Crippen molar-refractivity contribution in [1.29, 1.82) is 0 Å². The van der Waals surface area contributed by atoms with Crippen molar-refractivity contribution in [3.63, 3.8) is 0 Å². The summed E-state index contributed by atoms with van der Waals surface area (Å²) in [6.07, 6.45) is 3.43. The Hall–Kier alpha value is -10.1. The monoisotopic (exact) mass is 1390 g/mol. The highest BCUT2D eigenvalue weighted by Crippen LogP contribution is 2.42. The molecule has 29 nitrogen and oxygen atoms in total. The highest BCUT2D eigenvalue weighted by atomic mass is 16.5. The van der Waals surface area contributed by atoms with Crippen LogP contribution in [0.15, 0.2) is 100 Å². The van der Waals surface area contributed by atoms with Crippen LogP contribution < -0.4 is 46.9 Å². The van der Waals surface area contributed by atoms with Gasteiger partial charge in [-0.3, -0.25) is 28.5 Å². The molecule has 1 unspecified atom stereocenters. The number of ether oxygens (including phenoxy) is 5. The van der Waals surface area contributed by atoms with E-state index in [2.05, 4.69) is 115 Å². The molecule has 101 heavy (non-hydrogen) atoms. The van der Waals surface area contributed by atoms with Crippen LogP contribution in [0.4, 0.5) is 11.5 Å². The highest BCUT2D eigenvalue weighted by Gasteiger charge is 2.29. The number of aromatic nitrogens is 7. The minimum absolute atomic E-state index is 0.0166. The van der Waals surface area contributed by atoms with Crippen LogP contribution in [0.2, 0.25) is 0 Å². The number of piperazine rings is 1. The van der Waals surface area contributed by atoms with Crippen LogP contribution in [0.3, 0.4) is 0 Å². The van der Waals surface area contributed by atoms with E-state index in [-0.39, 0.29) is 106 Å². The number of carbonyl (C=O) groups is 6. The van der Waals surface area contributed by atoms with Gasteiger partial charge in [-0.05, 0) is 87.9 Å². The first-order chi connectivity index (χ1) is 49.1. The van der Waals surface area contributed by atoms with Crippen molar-refractivity contribution in [3.8, 4) is 28.5 Å². The predicted octanol–water partition coefficient (Wildman–Crippen LogP) is 4.85. The summed E-state index contributed by atoms with van der Waals surface area (Å²) in [6, 6.07) is 26.5. The van der Waals surface area contributed by atoms with Crippen LogP contribution in [0.1, 0.15) is 99.8 Å². The van der Waals surface area contributed by atoms with Gasteiger partial charge in [0.15, 0.2) is 11.5 Å². The van der Waals surface area contributed by atoms with E-state index in [1.54, 1.807) is 32.8 Å². The number of unbranched alkanes of at least 4 members (excludes halogenated alkanes) is 1. The number of aryl methyl sites for hydroxylation is 1. The molecule has 1 aliphatic carbocycles. The third-order valence-corrected chi connectivity index (χ3v) is 17.6. The van der Waals surface area contributed by atoms with Crippen LogP contribution in [0, 0.1) is 0 Å². The number of hydrogen-bond acceptors (Lipinski definition) is 19. The number of hydrogen-bond donors (Lipinski definition) is 6. The molecule has 29 heteroatoms. The molecule has 2 aliphatic heterocycles. The zero-order chi connectivity index (χ0) is 71.6. The van der Waals surface area contributed by atoms with E-state index in [1.165, 1.54) is 11.7 Å². The molecule has 3 aliphatic rings. The third-order valence-electron chi connectivity index (χ3n) is 17.6. The van der Waals surface area contributed by atoms with Crippen molar-refractivity contribution >= 4 is 69.1 Å². The number of benzene rings is 4. The zero-order valence-corrected chi connectivity index (χ0v) is 58.3. The number of nitrogens with one attached hydrogen (secondary N) is 4. The van der Waals surface area contributed by atoms with Gasteiger partial charge >= 0.3 is 17.7 Å². The summed E-state index contributed by atoms with van der Waals surface area (Å²) in [4.78, 5) is 108. The van der Waals surface area contributed by atoms with Gasteiger partial charge in [0.05, 0.1) is 71.1 Å². The van der Waals surface area contributed by atoms with E-state index >= 15 is 0 Å². The Morgan fingerprint density at radius 1 is 0.743 bits per heavy atom. The number of carboxylic acid groups (broad SMARTS) is 1. The number of carbonyl (C=O) groups excluding carboxylic acids is 5. The number of methoxy groups -OCH3 is 1. The van der Waals surface area contributed by atoms with E-state index in [0.29, 0.717) is 103 Å². The lowest BCUT2D eigenvalue weighted by atomic mass is 9.90. The molecule has 9 rings (SSSR count). The second kappa shape index (κ2) is 37.9. The Bertz CT molecular complexity index is 4190. The van der Waals surface area contributed by atoms with Crippen molar-refractivity contribution in [1.82, 2.24) is 64.8 Å². The molecule has 0 spiro atoms. The second-order valence-electron chi connectivity index (χ2n) is 24.3. The minimum Gasteiger partial charge on any atom is -0.480 e. The minimum atomic E-state index is -1.17. The SMILES string of the molecule is CCN(CC)c1ccc2c(-c3ccccc3C(=O)N3CCN(C(=O)CCC(=O)NCCOCCOCCOCCn4cc(CCCCC(NC(=O)CCC(=O)NCc5ccc(Cn6c(=O)[nH]c7c(N)nc(OCCOC)nc76)cc5)C(=O)O)nn4)CC3)c3ccc(=[N+](CC)CC)cc-3oc2c1. The molecule has 0 bridgehead atoms. The molecule has 5 amide bonds. The van der Waals surface area contributed by atoms with Gasteiger partial charge in [0.1, 0.15) is 42.6 Å². The smallest absolute Gasteiger partial charge is 0.328 e. The number of aliphatic carboxylic acids is 1. The summed E-state index contributed by atoms with van der Waals surface area (Å²) in [5, 5.41) is 28.3. The number of carboxylic acids is 1. The maximum Gasteiger partial charge on any atom is 0.328 e. The number of amides is 5. The number of aromatic amines is 1. The summed E-state index contributed by atoms with van der Waals surface area (Å²) < 4.78 is 39.5. The fourth-order valence-electron chi connectivity index (χ4n) is 12.0. The number of H-pyrrole nitrogens is 1. The number of nitrogens with two attached hydrogens (primary N) is 1. The number of fused-ring (bicyclic) bond motifs is 3. The highest BCUT2D eigenvalue weighted by molar-refractivity contribution is 6.09. The molecule has 540 valence electrons. The maximum absolute atomic E-state index is 14.5. The average molecular weight is 1390 g/mol. The van der Waals surface area contributed by atoms with Crippen LogP contribution >= 0.6 is 0 Å². The number of imidazole rings is 1. The van der Waals surface area contributed by atoms with Gasteiger partial charge in [-0.1, -0.05) is 54.1 Å². The lowest BCUT2D eigenvalue weighted by molar-refractivity contribution is -0.142. The third kappa shape index (κ3) is 21.0. The molecule has 0 saturated carbocycles. The zero-order valence-electron chi connectivity index (χ0n) is 58.3. The number of nitrogen functional groups attached to an aromatic ring is 1. The molecule has 3 aromatic carbocycles. The van der Waals surface area contributed by atoms with E-state index in [9.17, 15) is 38.7 Å². The van der Waals surface area contributed by atoms with Crippen LogP contribution in [-0.4, -0.2) is 210 Å². The Balaban J connectivity index is 0.584. The quantitative estimate of drug-likeness (QED) is 0.0170. The second-order valence-corrected chi connectivity index (χ2v) is 24.3. The molecule has 6 aromatic rings. The number of anilines is 2. The lowest BCUT2D eigenvalue weighted by Gasteiger charge is -2.35. The molecule has 3 aromatic heterocycles. The first-order valence-corrected chi connectivity index (χ1v) is 34.7. The molecule has 1 atom stereocenters. The fourth-order valence-corrected chi connectivity index (χ4v) is 12.0. The van der Waals surface area contributed by atoms with Crippen molar-refractivity contribution < 1.29 is 62.0 Å². The molecule has 1 saturated heterocycles. The molecule has 0 radical (unpaired) electrons. The molecule has 1 fully saturated rings. The van der Waals surface area contributed by atoms with Crippen LogP contribution in [0.25, 0.3) is 44.6 Å². The fraction of sp³-hybridized carbons (Fsp3) is 0.472. The maximum atomic E-state index is 14.5. The van der Waals surface area contributed by atoms with Crippen molar-refractivity contribution in [2.45, 2.75) is 105 Å². The van der Waals surface area contributed by atoms with Crippen LogP contribution in [-0.2, 0) is 69.0 Å². The van der Waals surface area contributed by atoms with Crippen molar-refractivity contribution in [2.75, 3.05) is 130 Å². The van der Waals surface area contributed by atoms with E-state index in [1.807, 2.05) is 36.4 Å². The number of rotatable bonds is 40. The van der Waals surface area contributed by atoms with E-state index in [4.69, 9.17) is 33.8 Å². The lowest BCUT2D eigenvalue weighted by Crippen LogP contribution is -2.50. The summed E-state index contributed by atoms with van der Waals surface area (Å²) in [5.41, 5.74) is 13.5. The number of nitrogens with zero attached hydrogens (tertiary/aromatic N) is 10.